The molecule has 1 aliphatic carbocycles. The topological polar surface area (TPSA) is 21.6 Å². The zero-order valence-corrected chi connectivity index (χ0v) is 12.1. The molecule has 2 heteroatoms. The molecule has 0 saturated heterocycles. The van der Waals surface area contributed by atoms with Crippen LogP contribution in [0, 0.1) is 5.92 Å². The lowest BCUT2D eigenvalue weighted by atomic mass is 9.66. The lowest BCUT2D eigenvalue weighted by Crippen LogP contribution is -2.32. The van der Waals surface area contributed by atoms with Crippen LogP contribution in [0.15, 0.2) is 23.4 Å². The summed E-state index contributed by atoms with van der Waals surface area (Å²) in [4.78, 5) is 4.86. The molecule has 18 heavy (non-hydrogen) atoms. The third-order valence-corrected chi connectivity index (χ3v) is 4.53. The molecule has 2 nitrogen and oxygen atoms in total. The standard InChI is InChI=1S/C16H23NO/c1-11-6-7-13-8-9-14(12(2)17-18-5)10-15(13)16(11,3)4/h8-11H,6-7H2,1-5H3. The Kier molecular flexibility index (Phi) is 3.47. The minimum atomic E-state index is 0.247. The van der Waals surface area contributed by atoms with Crippen molar-refractivity contribution < 1.29 is 4.84 Å². The van der Waals surface area contributed by atoms with E-state index in [9.17, 15) is 0 Å². The highest BCUT2D eigenvalue weighted by Gasteiger charge is 2.33. The van der Waals surface area contributed by atoms with Crippen molar-refractivity contribution in [2.75, 3.05) is 7.11 Å². The van der Waals surface area contributed by atoms with Crippen LogP contribution in [0.1, 0.15) is 50.8 Å². The van der Waals surface area contributed by atoms with Gasteiger partial charge in [-0.2, -0.15) is 0 Å². The second kappa shape index (κ2) is 4.75. The van der Waals surface area contributed by atoms with Gasteiger partial charge in [0.1, 0.15) is 7.11 Å². The van der Waals surface area contributed by atoms with Crippen LogP contribution in [-0.4, -0.2) is 12.8 Å². The van der Waals surface area contributed by atoms with Crippen LogP contribution in [0.3, 0.4) is 0 Å². The van der Waals surface area contributed by atoms with Gasteiger partial charge in [-0.15, -0.1) is 0 Å². The highest BCUT2D eigenvalue weighted by Crippen LogP contribution is 2.41. The van der Waals surface area contributed by atoms with Gasteiger partial charge in [0.15, 0.2) is 0 Å². The summed E-state index contributed by atoms with van der Waals surface area (Å²) in [5.74, 6) is 0.722. The van der Waals surface area contributed by atoms with Crippen LogP contribution in [-0.2, 0) is 16.7 Å². The second-order valence-corrected chi connectivity index (χ2v) is 5.89. The van der Waals surface area contributed by atoms with Gasteiger partial charge in [-0.25, -0.2) is 0 Å². The van der Waals surface area contributed by atoms with Crippen molar-refractivity contribution >= 4 is 5.71 Å². The van der Waals surface area contributed by atoms with Gasteiger partial charge >= 0.3 is 0 Å². The molecule has 0 spiro atoms. The van der Waals surface area contributed by atoms with Crippen molar-refractivity contribution in [2.45, 2.75) is 46.0 Å². The predicted molar refractivity (Wildman–Crippen MR) is 76.2 cm³/mol. The van der Waals surface area contributed by atoms with Gasteiger partial charge in [-0.3, -0.25) is 0 Å². The molecule has 0 fully saturated rings. The number of nitrogens with zero attached hydrogens (tertiary/aromatic N) is 1. The van der Waals surface area contributed by atoms with Crippen molar-refractivity contribution in [3.05, 3.63) is 34.9 Å². The summed E-state index contributed by atoms with van der Waals surface area (Å²) in [6.45, 7) is 9.04. The van der Waals surface area contributed by atoms with E-state index in [0.29, 0.717) is 0 Å². The molecule has 0 bridgehead atoms. The first kappa shape index (κ1) is 13.1. The molecule has 0 radical (unpaired) electrons. The van der Waals surface area contributed by atoms with Crippen molar-refractivity contribution in [1.82, 2.24) is 0 Å². The van der Waals surface area contributed by atoms with Crippen LogP contribution in [0.5, 0.6) is 0 Å². The fourth-order valence-corrected chi connectivity index (χ4v) is 2.81. The molecular formula is C16H23NO. The van der Waals surface area contributed by atoms with Crippen molar-refractivity contribution in [1.29, 1.82) is 0 Å². The van der Waals surface area contributed by atoms with Gasteiger partial charge in [-0.1, -0.05) is 38.1 Å². The fourth-order valence-electron chi connectivity index (χ4n) is 2.81. The molecule has 0 amide bonds. The Labute approximate surface area is 110 Å². The molecule has 1 unspecified atom stereocenters. The number of hydrogen-bond acceptors (Lipinski definition) is 2. The third kappa shape index (κ3) is 2.16. The summed E-state index contributed by atoms with van der Waals surface area (Å²) in [5, 5.41) is 4.03. The highest BCUT2D eigenvalue weighted by atomic mass is 16.6. The fraction of sp³-hybridized carbons (Fsp3) is 0.562. The van der Waals surface area contributed by atoms with Crippen LogP contribution in [0.25, 0.3) is 0 Å². The van der Waals surface area contributed by atoms with Gasteiger partial charge < -0.3 is 4.84 Å². The van der Waals surface area contributed by atoms with Crippen molar-refractivity contribution in [2.24, 2.45) is 11.1 Å². The van der Waals surface area contributed by atoms with Gasteiger partial charge in [0.05, 0.1) is 5.71 Å². The quantitative estimate of drug-likeness (QED) is 0.571. The van der Waals surface area contributed by atoms with Crippen molar-refractivity contribution in [3.8, 4) is 0 Å². The minimum absolute atomic E-state index is 0.247. The number of hydrogen-bond donors (Lipinski definition) is 0. The lowest BCUT2D eigenvalue weighted by molar-refractivity contribution is 0.213. The van der Waals surface area contributed by atoms with Crippen LogP contribution >= 0.6 is 0 Å². The summed E-state index contributed by atoms with van der Waals surface area (Å²) in [7, 11) is 1.59. The Bertz CT molecular complexity index is 474. The molecule has 1 aromatic rings. The SMILES string of the molecule is CON=C(C)c1ccc2c(c1)C(C)(C)C(C)CC2. The summed E-state index contributed by atoms with van der Waals surface area (Å²) < 4.78 is 0. The van der Waals surface area contributed by atoms with Crippen LogP contribution in [0.2, 0.25) is 0 Å². The molecule has 1 aliphatic rings. The Hall–Kier alpha value is -1.31. The van der Waals surface area contributed by atoms with Gasteiger partial charge in [0.25, 0.3) is 0 Å². The maximum Gasteiger partial charge on any atom is 0.106 e. The van der Waals surface area contributed by atoms with E-state index in [1.54, 1.807) is 7.11 Å². The van der Waals surface area contributed by atoms with E-state index in [2.05, 4.69) is 44.1 Å². The first-order chi connectivity index (χ1) is 8.46. The maximum atomic E-state index is 4.86. The molecule has 98 valence electrons. The van der Waals surface area contributed by atoms with Gasteiger partial charge in [0.2, 0.25) is 0 Å². The van der Waals surface area contributed by atoms with E-state index in [0.717, 1.165) is 17.2 Å². The molecule has 0 aliphatic heterocycles. The Balaban J connectivity index is 2.48. The van der Waals surface area contributed by atoms with E-state index in [1.165, 1.54) is 24.0 Å². The van der Waals surface area contributed by atoms with Gasteiger partial charge in [-0.05, 0) is 53.9 Å². The third-order valence-electron chi connectivity index (χ3n) is 4.53. The normalized spacial score (nSPS) is 22.5. The zero-order chi connectivity index (χ0) is 13.3. The van der Waals surface area contributed by atoms with Gasteiger partial charge in [0, 0.05) is 0 Å². The van der Waals surface area contributed by atoms with Crippen LogP contribution < -0.4 is 0 Å². The maximum absolute atomic E-state index is 4.86. The summed E-state index contributed by atoms with van der Waals surface area (Å²) in [6, 6.07) is 6.71. The van der Waals surface area contributed by atoms with Crippen LogP contribution in [0.4, 0.5) is 0 Å². The minimum Gasteiger partial charge on any atom is -0.399 e. The Morgan fingerprint density at radius 2 is 2.11 bits per heavy atom. The highest BCUT2D eigenvalue weighted by molar-refractivity contribution is 5.98. The van der Waals surface area contributed by atoms with E-state index >= 15 is 0 Å². The predicted octanol–water partition coefficient (Wildman–Crippen LogP) is 3.92. The molecule has 0 saturated carbocycles. The monoisotopic (exact) mass is 245 g/mol. The van der Waals surface area contributed by atoms with E-state index in [1.807, 2.05) is 6.92 Å². The molecule has 1 aromatic carbocycles. The first-order valence-electron chi connectivity index (χ1n) is 6.68. The van der Waals surface area contributed by atoms with E-state index in [-0.39, 0.29) is 5.41 Å². The summed E-state index contributed by atoms with van der Waals surface area (Å²) in [6.07, 6.45) is 2.48. The number of fused-ring (bicyclic) bond motifs is 1. The Morgan fingerprint density at radius 3 is 2.78 bits per heavy atom. The van der Waals surface area contributed by atoms with E-state index in [4.69, 9.17) is 4.84 Å². The molecule has 1 atom stereocenters. The zero-order valence-electron chi connectivity index (χ0n) is 12.1. The second-order valence-electron chi connectivity index (χ2n) is 5.89. The lowest BCUT2D eigenvalue weighted by Gasteiger charge is -2.39. The smallest absolute Gasteiger partial charge is 0.106 e. The van der Waals surface area contributed by atoms with Crippen molar-refractivity contribution in [3.63, 3.8) is 0 Å². The number of benzene rings is 1. The molecular weight excluding hydrogens is 222 g/mol. The number of oxime groups is 1. The summed E-state index contributed by atoms with van der Waals surface area (Å²) >= 11 is 0. The Morgan fingerprint density at radius 1 is 1.39 bits per heavy atom. The average Bonchev–Trinajstić information content (AvgIpc) is 2.34. The summed E-state index contributed by atoms with van der Waals surface area (Å²) in [5.41, 5.74) is 5.32. The van der Waals surface area contributed by atoms with E-state index < -0.39 is 0 Å². The largest absolute Gasteiger partial charge is 0.399 e. The first-order valence-corrected chi connectivity index (χ1v) is 6.68. The number of rotatable bonds is 2. The molecule has 0 N–H and O–H groups in total. The number of aryl methyl sites for hydroxylation is 1. The molecule has 0 heterocycles. The molecule has 2 rings (SSSR count). The molecule has 0 aromatic heterocycles. The average molecular weight is 245 g/mol.